The molecule has 3 aromatic carbocycles. The first-order valence-electron chi connectivity index (χ1n) is 11.6. The Morgan fingerprint density at radius 1 is 0.972 bits per heavy atom. The molecule has 36 heavy (non-hydrogen) atoms. The second-order valence-corrected chi connectivity index (χ2v) is 10.5. The van der Waals surface area contributed by atoms with E-state index < -0.39 is 34.5 Å². The molecule has 0 radical (unpaired) electrons. The SMILES string of the molecule is Cc1cccc(NC(=O)COC(=O)[C@H]2Cc3ccccc3CN2S(=O)(=O)/C=C/c2ccccc2)c1C. The number of aryl methyl sites for hydroxylation is 1. The molecule has 1 amide bonds. The summed E-state index contributed by atoms with van der Waals surface area (Å²) in [5.74, 6) is -1.26. The summed E-state index contributed by atoms with van der Waals surface area (Å²) in [4.78, 5) is 25.6. The number of carbonyl (C=O) groups excluding carboxylic acids is 2. The highest BCUT2D eigenvalue weighted by atomic mass is 32.2. The van der Waals surface area contributed by atoms with Crippen LogP contribution < -0.4 is 5.32 Å². The van der Waals surface area contributed by atoms with Crippen LogP contribution in [0.15, 0.2) is 78.2 Å². The van der Waals surface area contributed by atoms with Gasteiger partial charge in [-0.05, 0) is 53.8 Å². The van der Waals surface area contributed by atoms with E-state index in [1.54, 1.807) is 18.2 Å². The Labute approximate surface area is 211 Å². The number of nitrogens with one attached hydrogen (secondary N) is 1. The van der Waals surface area contributed by atoms with Gasteiger partial charge in [-0.25, -0.2) is 8.42 Å². The monoisotopic (exact) mass is 504 g/mol. The number of hydrogen-bond donors (Lipinski definition) is 1. The number of esters is 1. The Balaban J connectivity index is 1.51. The van der Waals surface area contributed by atoms with Gasteiger partial charge in [-0.2, -0.15) is 4.31 Å². The van der Waals surface area contributed by atoms with Gasteiger partial charge in [0.15, 0.2) is 6.61 Å². The third-order valence-corrected chi connectivity index (χ3v) is 7.78. The fourth-order valence-electron chi connectivity index (χ4n) is 4.08. The fourth-order valence-corrected chi connectivity index (χ4v) is 5.40. The highest BCUT2D eigenvalue weighted by Gasteiger charge is 2.39. The smallest absolute Gasteiger partial charge is 0.325 e. The van der Waals surface area contributed by atoms with E-state index in [9.17, 15) is 18.0 Å². The number of fused-ring (bicyclic) bond motifs is 1. The van der Waals surface area contributed by atoms with Crippen molar-refractivity contribution in [3.8, 4) is 0 Å². The molecule has 0 bridgehead atoms. The summed E-state index contributed by atoms with van der Waals surface area (Å²) in [5, 5.41) is 3.85. The van der Waals surface area contributed by atoms with Crippen molar-refractivity contribution in [2.45, 2.75) is 32.9 Å². The van der Waals surface area contributed by atoms with Crippen LogP contribution in [0.3, 0.4) is 0 Å². The Bertz CT molecular complexity index is 1400. The van der Waals surface area contributed by atoms with E-state index >= 15 is 0 Å². The number of benzene rings is 3. The number of ether oxygens (including phenoxy) is 1. The summed E-state index contributed by atoms with van der Waals surface area (Å²) in [5.41, 5.74) is 5.00. The lowest BCUT2D eigenvalue weighted by Gasteiger charge is -2.33. The van der Waals surface area contributed by atoms with Gasteiger partial charge in [0.25, 0.3) is 5.91 Å². The summed E-state index contributed by atoms with van der Waals surface area (Å²) >= 11 is 0. The largest absolute Gasteiger partial charge is 0.454 e. The second kappa shape index (κ2) is 10.9. The lowest BCUT2D eigenvalue weighted by atomic mass is 9.96. The number of carbonyl (C=O) groups is 2. The van der Waals surface area contributed by atoms with Crippen LogP contribution in [0.2, 0.25) is 0 Å². The van der Waals surface area contributed by atoms with Crippen molar-refractivity contribution in [3.05, 3.63) is 106 Å². The minimum atomic E-state index is -3.96. The molecule has 4 rings (SSSR count). The molecule has 1 aliphatic rings. The summed E-state index contributed by atoms with van der Waals surface area (Å²) < 4.78 is 33.0. The van der Waals surface area contributed by atoms with Crippen LogP contribution in [0.5, 0.6) is 0 Å². The Kier molecular flexibility index (Phi) is 7.67. The fraction of sp³-hybridized carbons (Fsp3) is 0.214. The van der Waals surface area contributed by atoms with Crippen LogP contribution in [0.25, 0.3) is 6.08 Å². The van der Waals surface area contributed by atoms with Gasteiger partial charge in [-0.1, -0.05) is 66.7 Å². The van der Waals surface area contributed by atoms with E-state index in [0.717, 1.165) is 37.5 Å². The van der Waals surface area contributed by atoms with Crippen LogP contribution in [0, 0.1) is 13.8 Å². The number of amides is 1. The number of hydrogen-bond acceptors (Lipinski definition) is 5. The molecule has 3 aromatic rings. The van der Waals surface area contributed by atoms with Crippen LogP contribution in [0.4, 0.5) is 5.69 Å². The van der Waals surface area contributed by atoms with Crippen LogP contribution in [-0.4, -0.2) is 37.2 Å². The molecule has 0 saturated heterocycles. The predicted molar refractivity (Wildman–Crippen MR) is 139 cm³/mol. The topological polar surface area (TPSA) is 92.8 Å². The third kappa shape index (κ3) is 5.90. The zero-order chi connectivity index (χ0) is 25.7. The van der Waals surface area contributed by atoms with E-state index in [0.29, 0.717) is 5.69 Å². The van der Waals surface area contributed by atoms with Crippen LogP contribution in [0.1, 0.15) is 27.8 Å². The molecule has 0 unspecified atom stereocenters. The average Bonchev–Trinajstić information content (AvgIpc) is 2.88. The van der Waals surface area contributed by atoms with Gasteiger partial charge in [0, 0.05) is 24.1 Å². The Hall–Kier alpha value is -3.75. The first-order valence-corrected chi connectivity index (χ1v) is 13.1. The molecule has 1 aliphatic heterocycles. The Morgan fingerprint density at radius 3 is 2.42 bits per heavy atom. The van der Waals surface area contributed by atoms with Crippen molar-refractivity contribution in [2.24, 2.45) is 0 Å². The maximum atomic E-state index is 13.3. The molecular formula is C28H28N2O5S. The molecule has 0 spiro atoms. The lowest BCUT2D eigenvalue weighted by molar-refractivity contribution is -0.151. The van der Waals surface area contributed by atoms with Crippen LogP contribution in [-0.2, 0) is 37.3 Å². The minimum Gasteiger partial charge on any atom is -0.454 e. The molecule has 7 nitrogen and oxygen atoms in total. The van der Waals surface area contributed by atoms with Gasteiger partial charge in [0.1, 0.15) is 6.04 Å². The van der Waals surface area contributed by atoms with Crippen molar-refractivity contribution in [2.75, 3.05) is 11.9 Å². The summed E-state index contributed by atoms with van der Waals surface area (Å²) in [7, 11) is -3.96. The summed E-state index contributed by atoms with van der Waals surface area (Å²) in [6.07, 6.45) is 1.65. The third-order valence-electron chi connectivity index (χ3n) is 6.26. The molecule has 0 aromatic heterocycles. The highest BCUT2D eigenvalue weighted by Crippen LogP contribution is 2.27. The first-order chi connectivity index (χ1) is 17.2. The molecule has 0 aliphatic carbocycles. The number of sulfonamides is 1. The maximum absolute atomic E-state index is 13.3. The second-order valence-electron chi connectivity index (χ2n) is 8.70. The van der Waals surface area contributed by atoms with Gasteiger partial charge in [-0.3, -0.25) is 9.59 Å². The molecule has 1 N–H and O–H groups in total. The average molecular weight is 505 g/mol. The van der Waals surface area contributed by atoms with E-state index in [1.807, 2.05) is 68.4 Å². The van der Waals surface area contributed by atoms with Gasteiger partial charge < -0.3 is 10.1 Å². The molecular weight excluding hydrogens is 476 g/mol. The molecule has 8 heteroatoms. The van der Waals surface area contributed by atoms with Crippen molar-refractivity contribution in [1.82, 2.24) is 4.31 Å². The van der Waals surface area contributed by atoms with E-state index in [-0.39, 0.29) is 13.0 Å². The number of anilines is 1. The standard InChI is InChI=1S/C28H28N2O5S/c1-20-9-8-14-25(21(20)2)29-27(31)19-35-28(32)26-17-23-12-6-7-13-24(23)18-30(26)36(33,34)16-15-22-10-4-3-5-11-22/h3-16,26H,17-19H2,1-2H3,(H,29,31)/b16-15+/t26-/m1/s1. The van der Waals surface area contributed by atoms with E-state index in [2.05, 4.69) is 5.32 Å². The molecule has 1 atom stereocenters. The van der Waals surface area contributed by atoms with Crippen molar-refractivity contribution >= 4 is 33.7 Å². The first kappa shape index (κ1) is 25.3. The van der Waals surface area contributed by atoms with Gasteiger partial charge in [-0.15, -0.1) is 0 Å². The van der Waals surface area contributed by atoms with Gasteiger partial charge in [0.2, 0.25) is 10.0 Å². The van der Waals surface area contributed by atoms with Crippen LogP contribution >= 0.6 is 0 Å². The summed E-state index contributed by atoms with van der Waals surface area (Å²) in [6.45, 7) is 3.35. The van der Waals surface area contributed by atoms with Crippen molar-refractivity contribution < 1.29 is 22.7 Å². The van der Waals surface area contributed by atoms with E-state index in [4.69, 9.17) is 4.74 Å². The molecule has 1 heterocycles. The summed E-state index contributed by atoms with van der Waals surface area (Å²) in [6, 6.07) is 20.9. The predicted octanol–water partition coefficient (Wildman–Crippen LogP) is 4.21. The van der Waals surface area contributed by atoms with Crippen molar-refractivity contribution in [1.29, 1.82) is 0 Å². The van der Waals surface area contributed by atoms with Gasteiger partial charge >= 0.3 is 5.97 Å². The highest BCUT2D eigenvalue weighted by molar-refractivity contribution is 7.92. The Morgan fingerprint density at radius 2 is 1.67 bits per heavy atom. The van der Waals surface area contributed by atoms with Gasteiger partial charge in [0.05, 0.1) is 0 Å². The maximum Gasteiger partial charge on any atom is 0.325 e. The number of rotatable bonds is 7. The quantitative estimate of drug-likeness (QED) is 0.487. The lowest BCUT2D eigenvalue weighted by Crippen LogP contribution is -2.49. The van der Waals surface area contributed by atoms with Crippen molar-refractivity contribution in [3.63, 3.8) is 0 Å². The zero-order valence-corrected chi connectivity index (χ0v) is 21.0. The normalized spacial score (nSPS) is 15.9. The number of nitrogens with zero attached hydrogens (tertiary/aromatic N) is 1. The molecule has 0 fully saturated rings. The molecule has 186 valence electrons. The molecule has 0 saturated carbocycles. The minimum absolute atomic E-state index is 0.0338. The zero-order valence-electron chi connectivity index (χ0n) is 20.2. The van der Waals surface area contributed by atoms with E-state index in [1.165, 1.54) is 6.08 Å².